The van der Waals surface area contributed by atoms with E-state index in [2.05, 4.69) is 34.4 Å². The molecule has 3 N–H and O–H groups in total. The maximum absolute atomic E-state index is 13.4. The van der Waals surface area contributed by atoms with Gasteiger partial charge in [0.15, 0.2) is 0 Å². The molecule has 1 unspecified atom stereocenters. The lowest BCUT2D eigenvalue weighted by Gasteiger charge is -2.22. The Labute approximate surface area is 210 Å². The van der Waals surface area contributed by atoms with Gasteiger partial charge in [0.25, 0.3) is 5.91 Å². The predicted molar refractivity (Wildman–Crippen MR) is 143 cm³/mol. The first-order valence-electron chi connectivity index (χ1n) is 11.8. The molecule has 2 amide bonds. The maximum Gasteiger partial charge on any atom is 0.253 e. The predicted octanol–water partition coefficient (Wildman–Crippen LogP) is 5.65. The molecule has 0 aliphatic rings. The van der Waals surface area contributed by atoms with Crippen molar-refractivity contribution >= 4 is 45.7 Å². The summed E-state index contributed by atoms with van der Waals surface area (Å²) in [5, 5.41) is 7.20. The molecule has 0 radical (unpaired) electrons. The molecule has 0 saturated carbocycles. The van der Waals surface area contributed by atoms with Crippen LogP contribution in [0.3, 0.4) is 0 Å². The number of amides is 2. The summed E-state index contributed by atoms with van der Waals surface area (Å²) in [6.07, 6.45) is 2.20. The molecule has 4 rings (SSSR count). The lowest BCUT2D eigenvalue weighted by molar-refractivity contribution is -0.118. The lowest BCUT2D eigenvalue weighted by Crippen LogP contribution is -2.45. The number of nitrogens with one attached hydrogen (secondary N) is 3. The van der Waals surface area contributed by atoms with E-state index in [9.17, 15) is 9.59 Å². The highest BCUT2D eigenvalue weighted by Crippen LogP contribution is 2.22. The Bertz CT molecular complexity index is 1310. The van der Waals surface area contributed by atoms with Crippen LogP contribution >= 0.6 is 11.6 Å². The Morgan fingerprint density at radius 3 is 2.34 bits per heavy atom. The molecule has 0 aliphatic carbocycles. The Morgan fingerprint density at radius 1 is 0.943 bits per heavy atom. The Morgan fingerprint density at radius 2 is 1.63 bits per heavy atom. The number of aromatic amines is 1. The van der Waals surface area contributed by atoms with Gasteiger partial charge >= 0.3 is 0 Å². The first-order chi connectivity index (χ1) is 17.0. The molecule has 1 heterocycles. The average Bonchev–Trinajstić information content (AvgIpc) is 3.28. The Balaban J connectivity index is 1.57. The fourth-order valence-electron chi connectivity index (χ4n) is 4.18. The number of nitrogens with zero attached hydrogens (tertiary/aromatic N) is 1. The van der Waals surface area contributed by atoms with E-state index >= 15 is 0 Å². The van der Waals surface area contributed by atoms with Crippen molar-refractivity contribution in [3.05, 3.63) is 95.1 Å². The number of carbonyl (C=O) groups excluding carboxylic acids is 2. The number of hydrogen-bond donors (Lipinski definition) is 3. The van der Waals surface area contributed by atoms with E-state index in [1.165, 1.54) is 0 Å². The van der Waals surface area contributed by atoms with Crippen LogP contribution in [0, 0.1) is 0 Å². The van der Waals surface area contributed by atoms with Gasteiger partial charge in [0.1, 0.15) is 6.04 Å². The number of H-pyrrole nitrogens is 1. The topological polar surface area (TPSA) is 77.2 Å². The Hall–Kier alpha value is -3.77. The summed E-state index contributed by atoms with van der Waals surface area (Å²) in [6.45, 7) is 6.03. The first kappa shape index (κ1) is 24.4. The molecule has 6 nitrogen and oxygen atoms in total. The standard InChI is InChI=1S/C28H29ClN4O2/c1-3-33(4-2)21-15-13-20(14-16-21)31-28(35)26(32-27(34)23-10-5-7-11-24(23)29)17-19-18-30-25-12-8-6-9-22(19)25/h5-16,18,26,30H,3-4,17H2,1-2H3,(H,31,35)(H,32,34). The minimum Gasteiger partial charge on any atom is -0.372 e. The van der Waals surface area contributed by atoms with Crippen LogP contribution in [0.25, 0.3) is 10.9 Å². The number of aromatic nitrogens is 1. The van der Waals surface area contributed by atoms with Gasteiger partial charge in [-0.3, -0.25) is 9.59 Å². The summed E-state index contributed by atoms with van der Waals surface area (Å²) in [7, 11) is 0. The van der Waals surface area contributed by atoms with E-state index in [1.807, 2.05) is 54.7 Å². The summed E-state index contributed by atoms with van der Waals surface area (Å²) < 4.78 is 0. The van der Waals surface area contributed by atoms with E-state index < -0.39 is 11.9 Å². The number of halogens is 1. The molecule has 0 bridgehead atoms. The molecule has 1 atom stereocenters. The number of fused-ring (bicyclic) bond motifs is 1. The zero-order valence-electron chi connectivity index (χ0n) is 19.8. The number of hydrogen-bond acceptors (Lipinski definition) is 3. The number of carbonyl (C=O) groups is 2. The lowest BCUT2D eigenvalue weighted by atomic mass is 10.0. The summed E-state index contributed by atoms with van der Waals surface area (Å²) in [6, 6.07) is 21.6. The molecule has 0 fully saturated rings. The second kappa shape index (κ2) is 11.1. The molecule has 35 heavy (non-hydrogen) atoms. The van der Waals surface area contributed by atoms with Crippen molar-refractivity contribution < 1.29 is 9.59 Å². The van der Waals surface area contributed by atoms with E-state index in [0.717, 1.165) is 35.2 Å². The number of para-hydroxylation sites is 1. The summed E-state index contributed by atoms with van der Waals surface area (Å²) >= 11 is 6.23. The van der Waals surface area contributed by atoms with Crippen molar-refractivity contribution in [1.82, 2.24) is 10.3 Å². The highest BCUT2D eigenvalue weighted by Gasteiger charge is 2.24. The van der Waals surface area contributed by atoms with Gasteiger partial charge in [-0.15, -0.1) is 0 Å². The van der Waals surface area contributed by atoms with Crippen LogP contribution in [-0.4, -0.2) is 35.9 Å². The molecule has 180 valence electrons. The summed E-state index contributed by atoms with van der Waals surface area (Å²) in [5.74, 6) is -0.696. The SMILES string of the molecule is CCN(CC)c1ccc(NC(=O)C(Cc2c[nH]c3ccccc23)NC(=O)c2ccccc2Cl)cc1. The van der Waals surface area contributed by atoms with Gasteiger partial charge in [-0.2, -0.15) is 0 Å². The number of anilines is 2. The summed E-state index contributed by atoms with van der Waals surface area (Å²) in [4.78, 5) is 31.9. The molecule has 1 aromatic heterocycles. The smallest absolute Gasteiger partial charge is 0.253 e. The molecule has 0 spiro atoms. The van der Waals surface area contributed by atoms with Gasteiger partial charge in [0.05, 0.1) is 10.6 Å². The molecule has 4 aromatic rings. The van der Waals surface area contributed by atoms with Crippen molar-refractivity contribution in [3.8, 4) is 0 Å². The van der Waals surface area contributed by atoms with Crippen molar-refractivity contribution in [3.63, 3.8) is 0 Å². The third-order valence-electron chi connectivity index (χ3n) is 6.10. The highest BCUT2D eigenvalue weighted by atomic mass is 35.5. The van der Waals surface area contributed by atoms with Crippen LogP contribution in [0.4, 0.5) is 11.4 Å². The van der Waals surface area contributed by atoms with E-state index in [-0.39, 0.29) is 5.91 Å². The van der Waals surface area contributed by atoms with Crippen LogP contribution < -0.4 is 15.5 Å². The van der Waals surface area contributed by atoms with Gasteiger partial charge in [-0.1, -0.05) is 41.9 Å². The zero-order chi connectivity index (χ0) is 24.8. The zero-order valence-corrected chi connectivity index (χ0v) is 20.6. The molecule has 3 aromatic carbocycles. The molecular weight excluding hydrogens is 460 g/mol. The number of benzene rings is 3. The third-order valence-corrected chi connectivity index (χ3v) is 6.43. The molecule has 0 aliphatic heterocycles. The second-order valence-electron chi connectivity index (χ2n) is 8.28. The first-order valence-corrected chi connectivity index (χ1v) is 12.1. The van der Waals surface area contributed by atoms with Crippen molar-refractivity contribution in [2.24, 2.45) is 0 Å². The van der Waals surface area contributed by atoms with Crippen molar-refractivity contribution in [2.45, 2.75) is 26.3 Å². The van der Waals surface area contributed by atoms with Crippen LogP contribution in [-0.2, 0) is 11.2 Å². The van der Waals surface area contributed by atoms with Crippen LogP contribution in [0.5, 0.6) is 0 Å². The van der Waals surface area contributed by atoms with Crippen molar-refractivity contribution in [2.75, 3.05) is 23.3 Å². The fraction of sp³-hybridized carbons (Fsp3) is 0.214. The van der Waals surface area contributed by atoms with Crippen LogP contribution in [0.1, 0.15) is 29.8 Å². The molecule has 0 saturated heterocycles. The number of rotatable bonds is 9. The molecular formula is C28H29ClN4O2. The molecule has 7 heteroatoms. The minimum atomic E-state index is -0.805. The van der Waals surface area contributed by atoms with Gasteiger partial charge in [0, 0.05) is 48.0 Å². The van der Waals surface area contributed by atoms with Gasteiger partial charge in [0.2, 0.25) is 5.91 Å². The fourth-order valence-corrected chi connectivity index (χ4v) is 4.41. The van der Waals surface area contributed by atoms with Crippen molar-refractivity contribution in [1.29, 1.82) is 0 Å². The normalized spacial score (nSPS) is 11.7. The average molecular weight is 489 g/mol. The van der Waals surface area contributed by atoms with Gasteiger partial charge in [-0.25, -0.2) is 0 Å². The monoisotopic (exact) mass is 488 g/mol. The minimum absolute atomic E-state index is 0.300. The summed E-state index contributed by atoms with van der Waals surface area (Å²) in [5.41, 5.74) is 4.01. The van der Waals surface area contributed by atoms with Crippen LogP contribution in [0.2, 0.25) is 5.02 Å². The van der Waals surface area contributed by atoms with E-state index in [0.29, 0.717) is 22.7 Å². The maximum atomic E-state index is 13.4. The third kappa shape index (κ3) is 5.66. The van der Waals surface area contributed by atoms with Gasteiger partial charge < -0.3 is 20.5 Å². The quantitative estimate of drug-likeness (QED) is 0.285. The van der Waals surface area contributed by atoms with Gasteiger partial charge in [-0.05, 0) is 61.9 Å². The second-order valence-corrected chi connectivity index (χ2v) is 8.69. The highest BCUT2D eigenvalue weighted by molar-refractivity contribution is 6.33. The van der Waals surface area contributed by atoms with Crippen LogP contribution in [0.15, 0.2) is 79.0 Å². The van der Waals surface area contributed by atoms with E-state index in [1.54, 1.807) is 24.3 Å². The largest absolute Gasteiger partial charge is 0.372 e. The van der Waals surface area contributed by atoms with E-state index in [4.69, 9.17) is 11.6 Å². The Kier molecular flexibility index (Phi) is 7.73.